The lowest BCUT2D eigenvalue weighted by Crippen LogP contribution is -2.39. The largest absolute Gasteiger partial charge is 0.373 e. The molecule has 6 heteroatoms. The van der Waals surface area contributed by atoms with Gasteiger partial charge in [-0.1, -0.05) is 30.3 Å². The quantitative estimate of drug-likeness (QED) is 0.359. The van der Waals surface area contributed by atoms with Gasteiger partial charge in [-0.15, -0.1) is 24.0 Å². The van der Waals surface area contributed by atoms with Gasteiger partial charge in [0.1, 0.15) is 0 Å². The molecule has 1 aliphatic rings. The molecule has 1 saturated heterocycles. The summed E-state index contributed by atoms with van der Waals surface area (Å²) in [5.41, 5.74) is 1.26. The summed E-state index contributed by atoms with van der Waals surface area (Å²) in [6.07, 6.45) is 6.58. The molecule has 0 bridgehead atoms. The Kier molecular flexibility index (Phi) is 9.69. The molecule has 1 fully saturated rings. The lowest BCUT2D eigenvalue weighted by Gasteiger charge is -2.31. The van der Waals surface area contributed by atoms with Gasteiger partial charge in [0, 0.05) is 51.1 Å². The first-order chi connectivity index (χ1) is 12.9. The van der Waals surface area contributed by atoms with Crippen molar-refractivity contribution in [2.45, 2.75) is 32.4 Å². The van der Waals surface area contributed by atoms with Crippen molar-refractivity contribution in [1.29, 1.82) is 0 Å². The molecule has 0 radical (unpaired) electrons. The Morgan fingerprint density at radius 1 is 1.15 bits per heavy atom. The molecule has 0 saturated carbocycles. The van der Waals surface area contributed by atoms with Gasteiger partial charge in [-0.25, -0.2) is 0 Å². The van der Waals surface area contributed by atoms with Crippen LogP contribution in [0.2, 0.25) is 0 Å². The maximum absolute atomic E-state index is 6.09. The topological polar surface area (TPSA) is 50.6 Å². The molecule has 3 rings (SSSR count). The fraction of sp³-hybridized carbons (Fsp3) is 0.476. The second kappa shape index (κ2) is 12.0. The third kappa shape index (κ3) is 6.84. The number of hydrogen-bond donors (Lipinski definition) is 2. The minimum atomic E-state index is 0. The summed E-state index contributed by atoms with van der Waals surface area (Å²) in [5, 5.41) is 6.78. The van der Waals surface area contributed by atoms with Crippen LogP contribution in [-0.2, 0) is 11.3 Å². The smallest absolute Gasteiger partial charge is 0.191 e. The van der Waals surface area contributed by atoms with E-state index in [1.54, 1.807) is 0 Å². The van der Waals surface area contributed by atoms with Crippen LogP contribution in [0.5, 0.6) is 0 Å². The molecule has 1 aliphatic heterocycles. The van der Waals surface area contributed by atoms with Crippen LogP contribution in [0.25, 0.3) is 0 Å². The van der Waals surface area contributed by atoms with Gasteiger partial charge in [-0.05, 0) is 37.5 Å². The SMILES string of the molecule is CCNC(=NCC1CCCOC1c1ccccc1)NCCn1cccc1.I. The molecule has 2 unspecified atom stereocenters. The summed E-state index contributed by atoms with van der Waals surface area (Å²) in [5.74, 6) is 1.31. The maximum atomic E-state index is 6.09. The molecule has 27 heavy (non-hydrogen) atoms. The second-order valence-corrected chi connectivity index (χ2v) is 6.67. The van der Waals surface area contributed by atoms with Gasteiger partial charge < -0.3 is 19.9 Å². The van der Waals surface area contributed by atoms with Crippen molar-refractivity contribution in [1.82, 2.24) is 15.2 Å². The highest BCUT2D eigenvalue weighted by molar-refractivity contribution is 14.0. The fourth-order valence-electron chi connectivity index (χ4n) is 3.41. The van der Waals surface area contributed by atoms with Gasteiger partial charge in [0.2, 0.25) is 0 Å². The number of guanidine groups is 1. The van der Waals surface area contributed by atoms with E-state index in [1.807, 2.05) is 12.1 Å². The zero-order valence-electron chi connectivity index (χ0n) is 16.0. The average Bonchev–Trinajstić information content (AvgIpc) is 3.20. The van der Waals surface area contributed by atoms with Crippen molar-refractivity contribution < 1.29 is 4.74 Å². The first-order valence-electron chi connectivity index (χ1n) is 9.66. The zero-order chi connectivity index (χ0) is 18.0. The van der Waals surface area contributed by atoms with E-state index < -0.39 is 0 Å². The summed E-state index contributed by atoms with van der Waals surface area (Å²) < 4.78 is 8.25. The number of ether oxygens (including phenoxy) is 1. The van der Waals surface area contributed by atoms with Crippen LogP contribution < -0.4 is 10.6 Å². The van der Waals surface area contributed by atoms with E-state index in [4.69, 9.17) is 9.73 Å². The minimum absolute atomic E-state index is 0. The third-order valence-electron chi connectivity index (χ3n) is 4.73. The Bertz CT molecular complexity index is 660. The Hall–Kier alpha value is -1.54. The summed E-state index contributed by atoms with van der Waals surface area (Å²) in [6, 6.07) is 14.6. The van der Waals surface area contributed by atoms with Crippen LogP contribution >= 0.6 is 24.0 Å². The van der Waals surface area contributed by atoms with Crippen molar-refractivity contribution >= 4 is 29.9 Å². The number of nitrogens with one attached hydrogen (secondary N) is 2. The van der Waals surface area contributed by atoms with Crippen molar-refractivity contribution in [3.63, 3.8) is 0 Å². The summed E-state index contributed by atoms with van der Waals surface area (Å²) >= 11 is 0. The number of aromatic nitrogens is 1. The first kappa shape index (κ1) is 21.8. The zero-order valence-corrected chi connectivity index (χ0v) is 18.3. The summed E-state index contributed by atoms with van der Waals surface area (Å²) in [4.78, 5) is 4.84. The molecule has 1 aromatic carbocycles. The molecule has 2 atom stereocenters. The summed E-state index contributed by atoms with van der Waals surface area (Å²) in [7, 11) is 0. The molecular weight excluding hydrogens is 451 g/mol. The standard InChI is InChI=1S/C21H30N4O.HI/c1-2-22-21(23-12-15-25-13-6-7-14-25)24-17-19-11-8-16-26-20(19)18-9-4-3-5-10-18;/h3-7,9-10,13-14,19-20H,2,8,11-12,15-17H2,1H3,(H2,22,23,24);1H. The van der Waals surface area contributed by atoms with E-state index in [-0.39, 0.29) is 30.1 Å². The molecular formula is C21H31IN4O. The molecule has 2 aromatic rings. The van der Waals surface area contributed by atoms with Crippen LogP contribution in [0.3, 0.4) is 0 Å². The molecule has 2 heterocycles. The van der Waals surface area contributed by atoms with E-state index in [9.17, 15) is 0 Å². The van der Waals surface area contributed by atoms with Crippen LogP contribution in [0.1, 0.15) is 31.4 Å². The highest BCUT2D eigenvalue weighted by atomic mass is 127. The van der Waals surface area contributed by atoms with Crippen LogP contribution in [-0.4, -0.2) is 36.8 Å². The maximum Gasteiger partial charge on any atom is 0.191 e. The van der Waals surface area contributed by atoms with Gasteiger partial charge in [0.25, 0.3) is 0 Å². The molecule has 1 aromatic heterocycles. The van der Waals surface area contributed by atoms with Crippen LogP contribution in [0.4, 0.5) is 0 Å². The van der Waals surface area contributed by atoms with Gasteiger partial charge in [0.05, 0.1) is 6.10 Å². The monoisotopic (exact) mass is 482 g/mol. The van der Waals surface area contributed by atoms with Crippen molar-refractivity contribution in [2.24, 2.45) is 10.9 Å². The first-order valence-corrected chi connectivity index (χ1v) is 9.66. The molecule has 5 nitrogen and oxygen atoms in total. The average molecular weight is 482 g/mol. The third-order valence-corrected chi connectivity index (χ3v) is 4.73. The van der Waals surface area contributed by atoms with Crippen molar-refractivity contribution in [2.75, 3.05) is 26.2 Å². The molecule has 0 spiro atoms. The van der Waals surface area contributed by atoms with Crippen LogP contribution in [0, 0.1) is 5.92 Å². The molecule has 0 aliphatic carbocycles. The Labute approximate surface area is 179 Å². The number of aliphatic imine (C=N–C) groups is 1. The van der Waals surface area contributed by atoms with E-state index in [0.717, 1.165) is 51.6 Å². The lowest BCUT2D eigenvalue weighted by molar-refractivity contribution is -0.0250. The molecule has 2 N–H and O–H groups in total. The van der Waals surface area contributed by atoms with E-state index in [0.29, 0.717) is 5.92 Å². The minimum Gasteiger partial charge on any atom is -0.373 e. The summed E-state index contributed by atoms with van der Waals surface area (Å²) in [6.45, 7) is 6.35. The molecule has 0 amide bonds. The Morgan fingerprint density at radius 2 is 1.93 bits per heavy atom. The van der Waals surface area contributed by atoms with Crippen molar-refractivity contribution in [3.05, 3.63) is 60.4 Å². The number of hydrogen-bond acceptors (Lipinski definition) is 2. The van der Waals surface area contributed by atoms with Gasteiger partial charge in [-0.2, -0.15) is 0 Å². The fourth-order valence-corrected chi connectivity index (χ4v) is 3.41. The predicted molar refractivity (Wildman–Crippen MR) is 122 cm³/mol. The number of nitrogens with zero attached hydrogens (tertiary/aromatic N) is 2. The second-order valence-electron chi connectivity index (χ2n) is 6.67. The number of benzene rings is 1. The van der Waals surface area contributed by atoms with Crippen molar-refractivity contribution in [3.8, 4) is 0 Å². The normalized spacial score (nSPS) is 20.0. The van der Waals surface area contributed by atoms with E-state index in [1.165, 1.54) is 5.56 Å². The van der Waals surface area contributed by atoms with Gasteiger partial charge in [-0.3, -0.25) is 4.99 Å². The molecule has 148 valence electrons. The lowest BCUT2D eigenvalue weighted by atomic mass is 9.89. The highest BCUT2D eigenvalue weighted by Gasteiger charge is 2.27. The van der Waals surface area contributed by atoms with Gasteiger partial charge in [0.15, 0.2) is 5.96 Å². The Morgan fingerprint density at radius 3 is 2.67 bits per heavy atom. The highest BCUT2D eigenvalue weighted by Crippen LogP contribution is 2.33. The number of halogens is 1. The van der Waals surface area contributed by atoms with Gasteiger partial charge >= 0.3 is 0 Å². The van der Waals surface area contributed by atoms with Crippen LogP contribution in [0.15, 0.2) is 59.9 Å². The van der Waals surface area contributed by atoms with E-state index in [2.05, 4.69) is 64.8 Å². The Balaban J connectivity index is 0.00000261. The predicted octanol–water partition coefficient (Wildman–Crippen LogP) is 3.83. The number of rotatable bonds is 7. The van der Waals surface area contributed by atoms with E-state index >= 15 is 0 Å².